The van der Waals surface area contributed by atoms with Crippen LogP contribution >= 0.6 is 34.8 Å². The average molecular weight is 1500 g/mol. The molecule has 0 saturated heterocycles. The van der Waals surface area contributed by atoms with E-state index in [9.17, 15) is 0 Å². The fourth-order valence-corrected chi connectivity index (χ4v) is 9.73. The monoisotopic (exact) mass is 1500 g/mol. The van der Waals surface area contributed by atoms with E-state index in [0.29, 0.717) is 85.2 Å². The van der Waals surface area contributed by atoms with Gasteiger partial charge in [-0.3, -0.25) is 0 Å². The van der Waals surface area contributed by atoms with E-state index in [1.807, 2.05) is 104 Å². The quantitative estimate of drug-likeness (QED) is 0.0351. The maximum absolute atomic E-state index is 5.96. The lowest BCUT2D eigenvalue weighted by Gasteiger charge is -2.06. The van der Waals surface area contributed by atoms with Crippen molar-refractivity contribution in [3.05, 3.63) is 264 Å². The maximum atomic E-state index is 5.96. The first kappa shape index (κ1) is 71.5. The minimum atomic E-state index is 0.0391. The van der Waals surface area contributed by atoms with Crippen molar-refractivity contribution in [2.45, 2.75) is 6.92 Å². The third-order valence-electron chi connectivity index (χ3n) is 14.1. The van der Waals surface area contributed by atoms with Crippen LogP contribution < -0.4 is 63.1 Å². The van der Waals surface area contributed by atoms with E-state index in [2.05, 4.69) is 102 Å². The van der Waals surface area contributed by atoms with E-state index >= 15 is 0 Å². The Labute approximate surface area is 626 Å². The van der Waals surface area contributed by atoms with Crippen LogP contribution in [0.4, 0.5) is 70.3 Å². The Morgan fingerprint density at radius 3 is 0.963 bits per heavy atom. The minimum absolute atomic E-state index is 0.0391. The molecule has 0 bridgehead atoms. The number of nitrogens with two attached hydrogens (primary N) is 4. The number of aromatic nitrogens is 16. The van der Waals surface area contributed by atoms with Crippen LogP contribution in [0.15, 0.2) is 261 Å². The Morgan fingerprint density at radius 2 is 0.630 bits per heavy atom. The number of nitrogen functional groups attached to an aromatic ring is 4. The Balaban J connectivity index is 0.000000127. The summed E-state index contributed by atoms with van der Waals surface area (Å²) in [5.74, 6) is 6.12. The van der Waals surface area contributed by atoms with Crippen LogP contribution in [0.2, 0.25) is 15.1 Å². The molecule has 8 aromatic heterocycles. The largest absolute Gasteiger partial charge is 0.454 e. The molecule has 0 radical (unpaired) electrons. The summed E-state index contributed by atoms with van der Waals surface area (Å²) in [5.41, 5.74) is 29.8. The summed E-state index contributed by atoms with van der Waals surface area (Å²) in [6.45, 7) is 2.02. The van der Waals surface area contributed by atoms with Crippen molar-refractivity contribution in [3.8, 4) is 92.1 Å². The lowest BCUT2D eigenvalue weighted by Crippen LogP contribution is -2.00. The van der Waals surface area contributed by atoms with Gasteiger partial charge in [0.05, 0.1) is 24.8 Å². The molecule has 8 heterocycles. The summed E-state index contributed by atoms with van der Waals surface area (Å²) in [7, 11) is 0. The first-order valence-corrected chi connectivity index (χ1v) is 32.9. The second-order valence-corrected chi connectivity index (χ2v) is 23.5. The molecule has 0 spiro atoms. The minimum Gasteiger partial charge on any atom is -0.454 e. The molecule has 16 aromatic rings. The van der Waals surface area contributed by atoms with Crippen LogP contribution in [-0.4, -0.2) is 80.7 Å². The Bertz CT molecular complexity index is 5540. The molecule has 0 aliphatic rings. The van der Waals surface area contributed by atoms with Gasteiger partial charge in [0.25, 0.3) is 0 Å². The van der Waals surface area contributed by atoms with Crippen molar-refractivity contribution in [2.24, 2.45) is 0 Å². The highest BCUT2D eigenvalue weighted by Crippen LogP contribution is 2.33. The van der Waals surface area contributed by atoms with Gasteiger partial charge in [-0.05, 0) is 188 Å². The number of benzene rings is 8. The Morgan fingerprint density at radius 1 is 0.306 bits per heavy atom. The van der Waals surface area contributed by atoms with E-state index in [1.165, 1.54) is 24.8 Å². The molecular weight excluding hydrogens is 1450 g/mol. The van der Waals surface area contributed by atoms with Crippen LogP contribution in [0, 0.1) is 6.92 Å². The number of aryl methyl sites for hydroxylation is 1. The summed E-state index contributed by atoms with van der Waals surface area (Å²) < 4.78 is 45.1. The van der Waals surface area contributed by atoms with Gasteiger partial charge in [0.1, 0.15) is 47.3 Å². The number of anilines is 12. The molecule has 16 rings (SSSR count). The summed E-state index contributed by atoms with van der Waals surface area (Å²) in [5, 5.41) is 46.2. The molecule has 108 heavy (non-hydrogen) atoms. The van der Waals surface area contributed by atoms with Crippen molar-refractivity contribution in [3.63, 3.8) is 0 Å². The van der Waals surface area contributed by atoms with Crippen LogP contribution in [0.1, 0.15) is 5.56 Å². The zero-order valence-corrected chi connectivity index (χ0v) is 58.2. The molecule has 8 aromatic carbocycles. The SMILES string of the molecule is Cc1cccc(Nc2nnc(-c3ccc(Oc4cncnc4)cc3)o2)c1.Clc1ccc(Nc2nnc(-c3ccc(Oc4cncnc4)cc3)o2)cc1.Nc1cc(Oc2ccc(-c3nnc(Nc4ccc(Cl)cc4)o3)cc2)nc(N)n1.Nc1cc(Oc2ccc(-c3nnc(Nc4cccc(Cl)c4)o3)cc2)nc(N)n1. The fraction of sp³-hybridized carbons (Fsp3) is 0.0137. The molecule has 0 fully saturated rings. The lowest BCUT2D eigenvalue weighted by molar-refractivity contribution is 0.462. The third-order valence-corrected chi connectivity index (χ3v) is 14.8. The predicted molar refractivity (Wildman–Crippen MR) is 404 cm³/mol. The van der Waals surface area contributed by atoms with Gasteiger partial charge in [0.15, 0.2) is 11.5 Å². The number of ether oxygens (including phenoxy) is 4. The van der Waals surface area contributed by atoms with Gasteiger partial charge >= 0.3 is 24.1 Å². The highest BCUT2D eigenvalue weighted by Gasteiger charge is 2.16. The normalized spacial score (nSPS) is 10.6. The first-order chi connectivity index (χ1) is 52.6. The second-order valence-electron chi connectivity index (χ2n) is 22.2. The van der Waals surface area contributed by atoms with Crippen molar-refractivity contribution >= 4 is 105 Å². The molecule has 32 nitrogen and oxygen atoms in total. The van der Waals surface area contributed by atoms with E-state index < -0.39 is 0 Å². The number of nitrogens with zero attached hydrogens (tertiary/aromatic N) is 16. The molecule has 536 valence electrons. The van der Waals surface area contributed by atoms with Gasteiger partial charge in [-0.15, -0.1) is 20.4 Å². The highest BCUT2D eigenvalue weighted by molar-refractivity contribution is 6.31. The second kappa shape index (κ2) is 34.4. The molecule has 12 N–H and O–H groups in total. The van der Waals surface area contributed by atoms with E-state index in [4.69, 9.17) is 94.4 Å². The highest BCUT2D eigenvalue weighted by atomic mass is 35.5. The molecule has 0 unspecified atom stereocenters. The number of hydrogen-bond acceptors (Lipinski definition) is 32. The molecule has 0 saturated carbocycles. The zero-order valence-electron chi connectivity index (χ0n) is 56.0. The van der Waals surface area contributed by atoms with E-state index in [1.54, 1.807) is 122 Å². The van der Waals surface area contributed by atoms with Gasteiger partial charge in [-0.1, -0.05) is 73.4 Å². The topological polar surface area (TPSA) is 448 Å². The van der Waals surface area contributed by atoms with Crippen molar-refractivity contribution in [2.75, 3.05) is 44.2 Å². The summed E-state index contributed by atoms with van der Waals surface area (Å²) in [4.78, 5) is 31.1. The molecule has 0 aliphatic heterocycles. The first-order valence-electron chi connectivity index (χ1n) is 31.8. The number of rotatable bonds is 20. The van der Waals surface area contributed by atoms with Gasteiger partial charge in [-0.2, -0.15) is 19.9 Å². The molecule has 0 aliphatic carbocycles. The van der Waals surface area contributed by atoms with Crippen LogP contribution in [0.5, 0.6) is 46.3 Å². The van der Waals surface area contributed by atoms with Gasteiger partial charge in [-0.25, -0.2) is 19.9 Å². The molecule has 35 heteroatoms. The van der Waals surface area contributed by atoms with Crippen LogP contribution in [-0.2, 0) is 0 Å². The average Bonchev–Trinajstić information content (AvgIpc) is 1.57. The standard InChI is InChI=1S/C19H15N5O2.2C18H14ClN7O2.C18H12ClN5O2/c1-13-3-2-4-15(9-13)22-19-24-23-18(26-19)14-5-7-16(8-6-14)25-17-10-20-12-21-11-17;19-11-3-5-12(6-4-11)22-18-26-25-16(28-18)10-1-7-13(8-2-10)27-15-9-14(20)23-17(21)24-15;19-11-2-1-3-12(8-11)22-18-26-25-16(28-18)10-4-6-13(7-5-10)27-15-9-14(20)23-17(21)24-15;19-13-3-5-14(6-4-13)22-18-24-23-17(26-18)12-1-7-15(8-2-12)25-16-9-20-11-21-10-16/h2-12H,1H3,(H,22,24);2*1-9H,(H,22,26)(H4,20,21,23,24);1-11H,(H,22,24). The number of hydrogen-bond donors (Lipinski definition) is 8. The van der Waals surface area contributed by atoms with Crippen molar-refractivity contribution < 1.29 is 36.6 Å². The van der Waals surface area contributed by atoms with Crippen LogP contribution in [0.3, 0.4) is 0 Å². The summed E-state index contributed by atoms with van der Waals surface area (Å²) in [6, 6.07) is 62.3. The smallest absolute Gasteiger partial charge is 0.320 e. The van der Waals surface area contributed by atoms with Crippen molar-refractivity contribution in [1.29, 1.82) is 0 Å². The summed E-state index contributed by atoms with van der Waals surface area (Å²) >= 11 is 17.7. The van der Waals surface area contributed by atoms with Crippen molar-refractivity contribution in [1.82, 2.24) is 80.7 Å². The van der Waals surface area contributed by atoms with Gasteiger partial charge < -0.3 is 80.8 Å². The summed E-state index contributed by atoms with van der Waals surface area (Å²) in [6.07, 6.45) is 9.28. The van der Waals surface area contributed by atoms with E-state index in [-0.39, 0.29) is 47.3 Å². The fourth-order valence-electron chi connectivity index (χ4n) is 9.29. The molecule has 0 atom stereocenters. The maximum Gasteiger partial charge on any atom is 0.320 e. The zero-order chi connectivity index (χ0) is 74.6. The number of nitrogens with one attached hydrogen (secondary N) is 4. The molecule has 0 amide bonds. The predicted octanol–water partition coefficient (Wildman–Crippen LogP) is 16.8. The van der Waals surface area contributed by atoms with Gasteiger partial charge in [0, 0.05) is 72.2 Å². The Kier molecular flexibility index (Phi) is 22.8. The van der Waals surface area contributed by atoms with E-state index in [0.717, 1.165) is 50.6 Å². The number of halogens is 3. The lowest BCUT2D eigenvalue weighted by atomic mass is 10.2. The van der Waals surface area contributed by atoms with Gasteiger partial charge in [0.2, 0.25) is 47.2 Å². The Hall–Kier alpha value is -14.9. The third kappa shape index (κ3) is 20.7. The van der Waals surface area contributed by atoms with Crippen LogP contribution in [0.25, 0.3) is 45.8 Å². The molecular formula is C73H55Cl3N24O8.